The molecule has 9 heteroatoms. The van der Waals surface area contributed by atoms with Crippen molar-refractivity contribution in [1.29, 1.82) is 0 Å². The highest BCUT2D eigenvalue weighted by Crippen LogP contribution is 2.28. The van der Waals surface area contributed by atoms with E-state index < -0.39 is 11.2 Å². The molecule has 0 unspecified atom stereocenters. The third-order valence-corrected chi connectivity index (χ3v) is 5.36. The summed E-state index contributed by atoms with van der Waals surface area (Å²) in [4.78, 5) is 28.0. The van der Waals surface area contributed by atoms with Crippen LogP contribution in [-0.2, 0) is 6.42 Å². The molecule has 0 amide bonds. The van der Waals surface area contributed by atoms with Crippen molar-refractivity contribution in [2.75, 3.05) is 6.61 Å². The van der Waals surface area contributed by atoms with Gasteiger partial charge in [-0.05, 0) is 37.6 Å². The summed E-state index contributed by atoms with van der Waals surface area (Å²) in [6, 6.07) is 9.04. The lowest BCUT2D eigenvalue weighted by Gasteiger charge is -2.13. The van der Waals surface area contributed by atoms with Crippen molar-refractivity contribution in [2.24, 2.45) is 0 Å². The molecule has 1 aromatic carbocycles. The van der Waals surface area contributed by atoms with Crippen LogP contribution >= 0.6 is 11.8 Å². The Bertz CT molecular complexity index is 1010. The number of ether oxygens (including phenoxy) is 1. The summed E-state index contributed by atoms with van der Waals surface area (Å²) < 4.78 is 7.47. The van der Waals surface area contributed by atoms with Crippen LogP contribution in [0.15, 0.2) is 45.1 Å². The number of nitrogens with zero attached hydrogens (tertiary/aromatic N) is 3. The van der Waals surface area contributed by atoms with Crippen molar-refractivity contribution in [1.82, 2.24) is 24.7 Å². The lowest BCUT2D eigenvalue weighted by atomic mass is 10.2. The lowest BCUT2D eigenvalue weighted by molar-refractivity contribution is 0.340. The summed E-state index contributed by atoms with van der Waals surface area (Å²) in [5.74, 6) is 1.42. The van der Waals surface area contributed by atoms with Gasteiger partial charge in [-0.3, -0.25) is 14.3 Å². The summed E-state index contributed by atoms with van der Waals surface area (Å²) in [7, 11) is 0. The minimum atomic E-state index is -0.538. The van der Waals surface area contributed by atoms with Gasteiger partial charge in [0.2, 0.25) is 0 Å². The molecule has 0 radical (unpaired) electrons. The molecule has 2 aromatic heterocycles. The first-order valence-corrected chi connectivity index (χ1v) is 10.0. The van der Waals surface area contributed by atoms with Crippen LogP contribution in [-0.4, -0.2) is 36.6 Å². The van der Waals surface area contributed by atoms with Crippen molar-refractivity contribution < 1.29 is 4.74 Å². The van der Waals surface area contributed by atoms with Crippen LogP contribution in [0.5, 0.6) is 5.75 Å². The molecule has 28 heavy (non-hydrogen) atoms. The molecule has 2 heterocycles. The molecule has 3 rings (SSSR count). The Kier molecular flexibility index (Phi) is 6.35. The highest BCUT2D eigenvalue weighted by atomic mass is 32.2. The first kappa shape index (κ1) is 19.9. The maximum atomic E-state index is 11.6. The van der Waals surface area contributed by atoms with E-state index in [1.807, 2.05) is 35.8 Å². The minimum Gasteiger partial charge on any atom is -0.494 e. The van der Waals surface area contributed by atoms with Crippen LogP contribution in [0.3, 0.4) is 0 Å². The molecule has 0 aliphatic heterocycles. The average Bonchev–Trinajstić information content (AvgIpc) is 3.03. The highest BCUT2D eigenvalue weighted by molar-refractivity contribution is 7.99. The van der Waals surface area contributed by atoms with Crippen LogP contribution in [0.1, 0.15) is 38.7 Å². The maximum absolute atomic E-state index is 11.6. The SMILES string of the molecule is CCOc1ccc(-n2c(Cc3cc(=O)[nH]c(=O)[nH]3)nnc2S[C@@H](C)CC)cc1. The van der Waals surface area contributed by atoms with Gasteiger partial charge in [-0.1, -0.05) is 25.6 Å². The second-order valence-corrected chi connectivity index (χ2v) is 7.69. The quantitative estimate of drug-likeness (QED) is 0.562. The number of thioether (sulfide) groups is 1. The smallest absolute Gasteiger partial charge is 0.325 e. The van der Waals surface area contributed by atoms with Crippen molar-refractivity contribution >= 4 is 11.8 Å². The summed E-state index contributed by atoms with van der Waals surface area (Å²) >= 11 is 1.64. The van der Waals surface area contributed by atoms with E-state index in [4.69, 9.17) is 4.74 Å². The molecular formula is C19H23N5O3S. The van der Waals surface area contributed by atoms with Gasteiger partial charge in [0, 0.05) is 29.1 Å². The molecule has 0 saturated heterocycles. The zero-order chi connectivity index (χ0) is 20.1. The van der Waals surface area contributed by atoms with E-state index in [9.17, 15) is 9.59 Å². The first-order valence-electron chi connectivity index (χ1n) is 9.16. The van der Waals surface area contributed by atoms with Crippen LogP contribution in [0.25, 0.3) is 5.69 Å². The highest BCUT2D eigenvalue weighted by Gasteiger charge is 2.17. The standard InChI is InChI=1S/C19H23N5O3S/c1-4-12(3)28-19-23-22-16(10-13-11-17(25)21-18(26)20-13)24(19)14-6-8-15(9-7-14)27-5-2/h6-9,11-12H,4-5,10H2,1-3H3,(H2,20,21,25,26)/t12-/m0/s1. The molecule has 0 bridgehead atoms. The number of rotatable bonds is 8. The molecule has 1 atom stereocenters. The third kappa shape index (κ3) is 4.72. The topological polar surface area (TPSA) is 106 Å². The van der Waals surface area contributed by atoms with E-state index in [1.165, 1.54) is 6.07 Å². The fraction of sp³-hybridized carbons (Fsp3) is 0.368. The van der Waals surface area contributed by atoms with Gasteiger partial charge >= 0.3 is 5.69 Å². The van der Waals surface area contributed by atoms with E-state index in [-0.39, 0.29) is 6.42 Å². The monoisotopic (exact) mass is 401 g/mol. The van der Waals surface area contributed by atoms with E-state index in [1.54, 1.807) is 11.8 Å². The number of hydrogen-bond acceptors (Lipinski definition) is 6. The molecule has 8 nitrogen and oxygen atoms in total. The fourth-order valence-corrected chi connectivity index (χ4v) is 3.59. The van der Waals surface area contributed by atoms with Crippen molar-refractivity contribution in [2.45, 2.75) is 44.0 Å². The first-order chi connectivity index (χ1) is 13.5. The molecule has 0 aliphatic carbocycles. The van der Waals surface area contributed by atoms with Gasteiger partial charge < -0.3 is 9.72 Å². The number of hydrogen-bond donors (Lipinski definition) is 2. The normalized spacial score (nSPS) is 12.1. The molecular weight excluding hydrogens is 378 g/mol. The Hall–Kier alpha value is -2.81. The summed E-state index contributed by atoms with van der Waals surface area (Å²) in [6.45, 7) is 6.80. The Balaban J connectivity index is 2.02. The Morgan fingerprint density at radius 3 is 2.54 bits per heavy atom. The van der Waals surface area contributed by atoms with Gasteiger partial charge in [0.15, 0.2) is 5.16 Å². The van der Waals surface area contributed by atoms with Gasteiger partial charge in [-0.25, -0.2) is 4.79 Å². The zero-order valence-electron chi connectivity index (χ0n) is 16.1. The lowest BCUT2D eigenvalue weighted by Crippen LogP contribution is -2.23. The van der Waals surface area contributed by atoms with Gasteiger partial charge in [0.25, 0.3) is 5.56 Å². The number of benzene rings is 1. The molecule has 0 aliphatic rings. The average molecular weight is 401 g/mol. The third-order valence-electron chi connectivity index (χ3n) is 4.15. The number of aromatic nitrogens is 5. The van der Waals surface area contributed by atoms with E-state index >= 15 is 0 Å². The van der Waals surface area contributed by atoms with E-state index in [0.29, 0.717) is 23.4 Å². The number of aromatic amines is 2. The Morgan fingerprint density at radius 2 is 1.89 bits per heavy atom. The van der Waals surface area contributed by atoms with Crippen LogP contribution in [0, 0.1) is 0 Å². The van der Waals surface area contributed by atoms with Gasteiger partial charge in [-0.15, -0.1) is 10.2 Å². The maximum Gasteiger partial charge on any atom is 0.325 e. The molecule has 2 N–H and O–H groups in total. The van der Waals surface area contributed by atoms with Gasteiger partial charge in [-0.2, -0.15) is 0 Å². The zero-order valence-corrected chi connectivity index (χ0v) is 16.9. The fourth-order valence-electron chi connectivity index (χ4n) is 2.66. The summed E-state index contributed by atoms with van der Waals surface area (Å²) in [5.41, 5.74) is 0.388. The van der Waals surface area contributed by atoms with Crippen LogP contribution in [0.4, 0.5) is 0 Å². The second kappa shape index (κ2) is 8.92. The number of nitrogens with one attached hydrogen (secondary N) is 2. The predicted octanol–water partition coefficient (Wildman–Crippen LogP) is 2.52. The Labute approximate surface area is 166 Å². The van der Waals surface area contributed by atoms with Crippen LogP contribution in [0.2, 0.25) is 0 Å². The van der Waals surface area contributed by atoms with Crippen LogP contribution < -0.4 is 16.0 Å². The molecule has 0 fully saturated rings. The summed E-state index contributed by atoms with van der Waals surface area (Å²) in [5, 5.41) is 9.80. The molecule has 0 saturated carbocycles. The Morgan fingerprint density at radius 1 is 1.14 bits per heavy atom. The summed E-state index contributed by atoms with van der Waals surface area (Å²) in [6.07, 6.45) is 1.28. The molecule has 148 valence electrons. The predicted molar refractivity (Wildman–Crippen MR) is 109 cm³/mol. The molecule has 0 spiro atoms. The van der Waals surface area contributed by atoms with Gasteiger partial charge in [0.05, 0.1) is 6.61 Å². The largest absolute Gasteiger partial charge is 0.494 e. The van der Waals surface area contributed by atoms with E-state index in [0.717, 1.165) is 23.0 Å². The van der Waals surface area contributed by atoms with Gasteiger partial charge in [0.1, 0.15) is 11.6 Å². The van der Waals surface area contributed by atoms with E-state index in [2.05, 4.69) is 34.0 Å². The van der Waals surface area contributed by atoms with Crippen molar-refractivity contribution in [3.05, 3.63) is 62.7 Å². The van der Waals surface area contributed by atoms with Crippen molar-refractivity contribution in [3.63, 3.8) is 0 Å². The minimum absolute atomic E-state index is 0.278. The van der Waals surface area contributed by atoms with Crippen molar-refractivity contribution in [3.8, 4) is 11.4 Å². The second-order valence-electron chi connectivity index (χ2n) is 6.29. The molecule has 3 aromatic rings. The number of H-pyrrole nitrogens is 2.